The lowest BCUT2D eigenvalue weighted by Crippen LogP contribution is -2.51. The number of carbonyl (C=O) groups is 2. The highest BCUT2D eigenvalue weighted by atomic mass is 32.2. The molecule has 22 heavy (non-hydrogen) atoms. The van der Waals surface area contributed by atoms with Gasteiger partial charge >= 0.3 is 0 Å². The van der Waals surface area contributed by atoms with E-state index in [2.05, 4.69) is 5.32 Å². The van der Waals surface area contributed by atoms with E-state index in [0.29, 0.717) is 18.8 Å². The molecule has 2 amide bonds. The maximum atomic E-state index is 12.1. The number of nitrogens with two attached hydrogens (primary N) is 1. The number of nitrogens with one attached hydrogen (secondary N) is 1. The van der Waals surface area contributed by atoms with Gasteiger partial charge in [-0.15, -0.1) is 0 Å². The Balaban J connectivity index is 1.76. The number of likely N-dealkylation sites (tertiary alicyclic amines) is 1. The van der Waals surface area contributed by atoms with Crippen LogP contribution >= 0.6 is 0 Å². The van der Waals surface area contributed by atoms with E-state index in [4.69, 9.17) is 5.73 Å². The van der Waals surface area contributed by atoms with E-state index in [0.717, 1.165) is 25.9 Å². The SMILES string of the molecule is CC1(NC(=O)CN2CCC(CC(N)=O)CC2)CCS(=O)(=O)C1. The smallest absolute Gasteiger partial charge is 0.234 e. The average molecular weight is 331 g/mol. The molecule has 2 fully saturated rings. The molecule has 2 heterocycles. The minimum Gasteiger partial charge on any atom is -0.370 e. The van der Waals surface area contributed by atoms with Crippen LogP contribution in [0.4, 0.5) is 0 Å². The van der Waals surface area contributed by atoms with Gasteiger partial charge in [-0.3, -0.25) is 14.5 Å². The molecule has 3 N–H and O–H groups in total. The van der Waals surface area contributed by atoms with Gasteiger partial charge in [-0.25, -0.2) is 8.42 Å². The molecule has 0 spiro atoms. The zero-order valence-corrected chi connectivity index (χ0v) is 13.8. The molecule has 0 radical (unpaired) electrons. The summed E-state index contributed by atoms with van der Waals surface area (Å²) >= 11 is 0. The number of piperidine rings is 1. The third-order valence-corrected chi connectivity index (χ3v) is 6.41. The highest BCUT2D eigenvalue weighted by Crippen LogP contribution is 2.23. The van der Waals surface area contributed by atoms with Crippen LogP contribution < -0.4 is 11.1 Å². The van der Waals surface area contributed by atoms with Crippen LogP contribution in [0.15, 0.2) is 0 Å². The Labute approximate surface area is 131 Å². The minimum absolute atomic E-state index is 0.0203. The molecule has 126 valence electrons. The van der Waals surface area contributed by atoms with Crippen LogP contribution in [-0.4, -0.2) is 61.8 Å². The van der Waals surface area contributed by atoms with Gasteiger partial charge in [0.15, 0.2) is 9.84 Å². The summed E-state index contributed by atoms with van der Waals surface area (Å²) in [6.07, 6.45) is 2.61. The molecule has 2 aliphatic rings. The fraction of sp³-hybridized carbons (Fsp3) is 0.857. The average Bonchev–Trinajstić information content (AvgIpc) is 2.64. The summed E-state index contributed by atoms with van der Waals surface area (Å²) in [5, 5.41) is 2.87. The first-order valence-corrected chi connectivity index (χ1v) is 9.52. The summed E-state index contributed by atoms with van der Waals surface area (Å²) < 4.78 is 23.1. The number of carbonyl (C=O) groups excluding carboxylic acids is 2. The number of amides is 2. The first-order valence-electron chi connectivity index (χ1n) is 7.70. The van der Waals surface area contributed by atoms with Crippen molar-refractivity contribution in [1.29, 1.82) is 0 Å². The lowest BCUT2D eigenvalue weighted by molar-refractivity contribution is -0.124. The second kappa shape index (κ2) is 6.54. The molecule has 0 aromatic carbocycles. The van der Waals surface area contributed by atoms with Crippen molar-refractivity contribution in [3.05, 3.63) is 0 Å². The topological polar surface area (TPSA) is 110 Å². The summed E-state index contributed by atoms with van der Waals surface area (Å²) in [4.78, 5) is 25.1. The quantitative estimate of drug-likeness (QED) is 0.690. The lowest BCUT2D eigenvalue weighted by Gasteiger charge is -2.32. The highest BCUT2D eigenvalue weighted by Gasteiger charge is 2.39. The molecule has 1 unspecified atom stereocenters. The van der Waals surface area contributed by atoms with Crippen molar-refractivity contribution in [2.45, 2.75) is 38.1 Å². The number of nitrogens with zero attached hydrogens (tertiary/aromatic N) is 1. The van der Waals surface area contributed by atoms with Crippen molar-refractivity contribution in [2.24, 2.45) is 11.7 Å². The maximum Gasteiger partial charge on any atom is 0.234 e. The number of hydrogen-bond donors (Lipinski definition) is 2. The largest absolute Gasteiger partial charge is 0.370 e. The summed E-state index contributed by atoms with van der Waals surface area (Å²) in [5.41, 5.74) is 4.56. The van der Waals surface area contributed by atoms with E-state index in [1.165, 1.54) is 0 Å². The first-order chi connectivity index (χ1) is 10.2. The Hall–Kier alpha value is -1.15. The highest BCUT2D eigenvalue weighted by molar-refractivity contribution is 7.91. The zero-order chi connectivity index (χ0) is 16.4. The van der Waals surface area contributed by atoms with Crippen LogP contribution in [-0.2, 0) is 19.4 Å². The normalized spacial score (nSPS) is 29.3. The molecule has 1 atom stereocenters. The van der Waals surface area contributed by atoms with Crippen molar-refractivity contribution in [3.8, 4) is 0 Å². The predicted molar refractivity (Wildman–Crippen MR) is 82.8 cm³/mol. The summed E-state index contributed by atoms with van der Waals surface area (Å²) in [7, 11) is -3.02. The van der Waals surface area contributed by atoms with Gasteiger partial charge in [0.2, 0.25) is 11.8 Å². The lowest BCUT2D eigenvalue weighted by atomic mass is 9.93. The van der Waals surface area contributed by atoms with Crippen molar-refractivity contribution in [3.63, 3.8) is 0 Å². The Kier molecular flexibility index (Phi) is 5.11. The Morgan fingerprint density at radius 1 is 1.32 bits per heavy atom. The van der Waals surface area contributed by atoms with E-state index < -0.39 is 15.4 Å². The van der Waals surface area contributed by atoms with Crippen molar-refractivity contribution in [2.75, 3.05) is 31.1 Å². The number of sulfone groups is 1. The molecule has 0 aromatic rings. The van der Waals surface area contributed by atoms with Gasteiger partial charge in [0.25, 0.3) is 0 Å². The van der Waals surface area contributed by atoms with Crippen LogP contribution in [0.5, 0.6) is 0 Å². The van der Waals surface area contributed by atoms with E-state index in [1.54, 1.807) is 6.92 Å². The molecule has 2 saturated heterocycles. The summed E-state index contributed by atoms with van der Waals surface area (Å²) in [5.74, 6) is 0.0724. The minimum atomic E-state index is -3.02. The fourth-order valence-electron chi connectivity index (χ4n) is 3.32. The van der Waals surface area contributed by atoms with Gasteiger partial charge in [-0.05, 0) is 45.2 Å². The third kappa shape index (κ3) is 4.95. The van der Waals surface area contributed by atoms with Crippen LogP contribution in [0.25, 0.3) is 0 Å². The first kappa shape index (κ1) is 17.2. The van der Waals surface area contributed by atoms with Crippen LogP contribution in [0.3, 0.4) is 0 Å². The van der Waals surface area contributed by atoms with Crippen LogP contribution in [0.2, 0.25) is 0 Å². The molecule has 0 aromatic heterocycles. The van der Waals surface area contributed by atoms with Crippen LogP contribution in [0, 0.1) is 5.92 Å². The van der Waals surface area contributed by atoms with Crippen molar-refractivity contribution < 1.29 is 18.0 Å². The molecular formula is C14H25N3O4S. The van der Waals surface area contributed by atoms with E-state index in [1.807, 2.05) is 4.90 Å². The van der Waals surface area contributed by atoms with Crippen molar-refractivity contribution >= 4 is 21.7 Å². The molecular weight excluding hydrogens is 306 g/mol. The van der Waals surface area contributed by atoms with E-state index in [-0.39, 0.29) is 29.9 Å². The number of rotatable bonds is 5. The van der Waals surface area contributed by atoms with E-state index >= 15 is 0 Å². The van der Waals surface area contributed by atoms with Crippen molar-refractivity contribution in [1.82, 2.24) is 10.2 Å². The fourth-order valence-corrected chi connectivity index (χ4v) is 5.41. The van der Waals surface area contributed by atoms with Gasteiger partial charge in [-0.2, -0.15) is 0 Å². The standard InChI is InChI=1S/C14H25N3O4S/c1-14(4-7-22(20,21)10-14)16-13(19)9-17-5-2-11(3-6-17)8-12(15)18/h11H,2-10H2,1H3,(H2,15,18)(H,16,19). The van der Waals surface area contributed by atoms with Gasteiger partial charge in [-0.1, -0.05) is 0 Å². The molecule has 0 aliphatic carbocycles. The van der Waals surface area contributed by atoms with Gasteiger partial charge in [0.05, 0.1) is 23.6 Å². The van der Waals surface area contributed by atoms with Gasteiger partial charge in [0.1, 0.15) is 0 Å². The molecule has 2 rings (SSSR count). The zero-order valence-electron chi connectivity index (χ0n) is 13.0. The number of primary amides is 1. The Morgan fingerprint density at radius 2 is 1.95 bits per heavy atom. The molecule has 7 nitrogen and oxygen atoms in total. The van der Waals surface area contributed by atoms with E-state index in [9.17, 15) is 18.0 Å². The monoisotopic (exact) mass is 331 g/mol. The Morgan fingerprint density at radius 3 is 2.45 bits per heavy atom. The van der Waals surface area contributed by atoms with Crippen LogP contribution in [0.1, 0.15) is 32.6 Å². The summed E-state index contributed by atoms with van der Waals surface area (Å²) in [6.45, 7) is 3.59. The third-order valence-electron chi connectivity index (χ3n) is 4.51. The summed E-state index contributed by atoms with van der Waals surface area (Å²) in [6, 6.07) is 0. The maximum absolute atomic E-state index is 12.1. The van der Waals surface area contributed by atoms with Gasteiger partial charge < -0.3 is 11.1 Å². The molecule has 0 bridgehead atoms. The second-order valence-electron chi connectivity index (χ2n) is 6.84. The molecule has 8 heteroatoms. The predicted octanol–water partition coefficient (Wildman–Crippen LogP) is -0.733. The van der Waals surface area contributed by atoms with Gasteiger partial charge in [0, 0.05) is 6.42 Å². The second-order valence-corrected chi connectivity index (χ2v) is 9.02. The number of hydrogen-bond acceptors (Lipinski definition) is 5. The molecule has 2 aliphatic heterocycles. The Bertz CT molecular complexity index is 540. The molecule has 0 saturated carbocycles.